The minimum Gasteiger partial charge on any atom is -0.399 e. The Hall–Kier alpha value is -1.95. The average Bonchev–Trinajstić information content (AvgIpc) is 2.69. The highest BCUT2D eigenvalue weighted by molar-refractivity contribution is 5.94. The number of halogens is 2. The molecule has 2 aromatic rings. The zero-order chi connectivity index (χ0) is 19.2. The predicted octanol–water partition coefficient (Wildman–Crippen LogP) is 3.62. The summed E-state index contributed by atoms with van der Waals surface area (Å²) < 4.78 is 0. The molecule has 0 unspecified atom stereocenters. The maximum atomic E-state index is 12.3. The van der Waals surface area contributed by atoms with Gasteiger partial charge in [0.1, 0.15) is 0 Å². The fraction of sp³-hybridized carbons (Fsp3) is 0.409. The second-order valence-corrected chi connectivity index (χ2v) is 7.41. The fourth-order valence-electron chi connectivity index (χ4n) is 3.43. The first kappa shape index (κ1) is 25.1. The summed E-state index contributed by atoms with van der Waals surface area (Å²) in [5, 5.41) is 2.99. The third kappa shape index (κ3) is 7.11. The number of amides is 1. The van der Waals surface area contributed by atoms with Gasteiger partial charge in [0.25, 0.3) is 5.91 Å². The molecule has 1 amide bonds. The Morgan fingerprint density at radius 3 is 2.10 bits per heavy atom. The molecule has 0 saturated carbocycles. The Morgan fingerprint density at radius 1 is 0.966 bits per heavy atom. The van der Waals surface area contributed by atoms with E-state index in [4.69, 9.17) is 5.73 Å². The summed E-state index contributed by atoms with van der Waals surface area (Å²) in [5.74, 6) is -0.0263. The summed E-state index contributed by atoms with van der Waals surface area (Å²) in [6.45, 7) is 9.35. The van der Waals surface area contributed by atoms with Crippen LogP contribution in [0.2, 0.25) is 0 Å². The van der Waals surface area contributed by atoms with Crippen molar-refractivity contribution in [2.24, 2.45) is 0 Å². The molecule has 3 N–H and O–H groups in total. The van der Waals surface area contributed by atoms with Crippen LogP contribution in [0.15, 0.2) is 48.5 Å². The minimum absolute atomic E-state index is 0. The molecule has 1 saturated heterocycles. The molecule has 1 aliphatic rings. The Morgan fingerprint density at radius 2 is 1.55 bits per heavy atom. The van der Waals surface area contributed by atoms with Crippen molar-refractivity contribution in [3.05, 3.63) is 59.7 Å². The van der Waals surface area contributed by atoms with Crippen molar-refractivity contribution in [3.63, 3.8) is 0 Å². The van der Waals surface area contributed by atoms with Crippen LogP contribution in [0, 0.1) is 0 Å². The quantitative estimate of drug-likeness (QED) is 0.675. The normalized spacial score (nSPS) is 14.1. The van der Waals surface area contributed by atoms with Gasteiger partial charge in [0.15, 0.2) is 0 Å². The number of nitrogens with one attached hydrogen (secondary N) is 1. The number of piperazine rings is 1. The highest BCUT2D eigenvalue weighted by Crippen LogP contribution is 2.18. The Balaban J connectivity index is 0.00000210. The van der Waals surface area contributed by atoms with Crippen LogP contribution in [0.4, 0.5) is 11.4 Å². The molecule has 0 aromatic heterocycles. The summed E-state index contributed by atoms with van der Waals surface area (Å²) in [4.78, 5) is 17.2. The Kier molecular flexibility index (Phi) is 10.3. The summed E-state index contributed by atoms with van der Waals surface area (Å²) in [6.07, 6.45) is 0.796. The van der Waals surface area contributed by atoms with Crippen LogP contribution < -0.4 is 16.0 Å². The third-order valence-corrected chi connectivity index (χ3v) is 5.22. The molecular formula is C22H32Cl2N4O. The second kappa shape index (κ2) is 11.9. The SMILES string of the molecule is CC(C)N1CCN(c2ccc(C(=O)NCCc3ccc(N)cc3)cc2)CC1.Cl.Cl. The van der Waals surface area contributed by atoms with E-state index in [2.05, 4.69) is 41.1 Å². The number of nitrogens with zero attached hydrogens (tertiary/aromatic N) is 2. The van der Waals surface area contributed by atoms with Crippen LogP contribution in [-0.4, -0.2) is 49.6 Å². The van der Waals surface area contributed by atoms with E-state index in [-0.39, 0.29) is 30.7 Å². The lowest BCUT2D eigenvalue weighted by atomic mass is 10.1. The van der Waals surface area contributed by atoms with Gasteiger partial charge in [0.2, 0.25) is 0 Å². The lowest BCUT2D eigenvalue weighted by molar-refractivity contribution is 0.0954. The van der Waals surface area contributed by atoms with E-state index in [0.717, 1.165) is 38.3 Å². The van der Waals surface area contributed by atoms with Gasteiger partial charge in [-0.05, 0) is 62.2 Å². The lowest BCUT2D eigenvalue weighted by Crippen LogP contribution is -2.48. The van der Waals surface area contributed by atoms with Crippen molar-refractivity contribution in [2.75, 3.05) is 43.4 Å². The van der Waals surface area contributed by atoms with Gasteiger partial charge < -0.3 is 16.0 Å². The standard InChI is InChI=1S/C22H30N4O.2ClH/c1-17(2)25-13-15-26(16-14-25)21-9-5-19(6-10-21)22(27)24-12-11-18-3-7-20(23)8-4-18;;/h3-10,17H,11-16,23H2,1-2H3,(H,24,27);2*1H. The molecule has 1 heterocycles. The van der Waals surface area contributed by atoms with E-state index in [1.54, 1.807) is 0 Å². The van der Waals surface area contributed by atoms with E-state index in [1.807, 2.05) is 36.4 Å². The van der Waals surface area contributed by atoms with Crippen LogP contribution in [0.25, 0.3) is 0 Å². The molecule has 7 heteroatoms. The van der Waals surface area contributed by atoms with Crippen molar-refractivity contribution in [3.8, 4) is 0 Å². The molecule has 29 heavy (non-hydrogen) atoms. The van der Waals surface area contributed by atoms with Gasteiger partial charge in [-0.1, -0.05) is 12.1 Å². The van der Waals surface area contributed by atoms with Crippen LogP contribution in [0.5, 0.6) is 0 Å². The van der Waals surface area contributed by atoms with E-state index in [0.29, 0.717) is 18.2 Å². The summed E-state index contributed by atoms with van der Waals surface area (Å²) in [7, 11) is 0. The molecule has 0 aliphatic carbocycles. The lowest BCUT2D eigenvalue weighted by Gasteiger charge is -2.38. The molecule has 2 aromatic carbocycles. The van der Waals surface area contributed by atoms with Gasteiger partial charge in [-0.2, -0.15) is 0 Å². The number of benzene rings is 2. The van der Waals surface area contributed by atoms with Gasteiger partial charge in [0, 0.05) is 55.7 Å². The highest BCUT2D eigenvalue weighted by atomic mass is 35.5. The smallest absolute Gasteiger partial charge is 0.251 e. The number of anilines is 2. The minimum atomic E-state index is -0.0263. The number of hydrogen-bond donors (Lipinski definition) is 2. The molecule has 0 bridgehead atoms. The van der Waals surface area contributed by atoms with Crippen molar-refractivity contribution in [2.45, 2.75) is 26.3 Å². The number of nitrogen functional groups attached to an aromatic ring is 1. The molecular weight excluding hydrogens is 407 g/mol. The summed E-state index contributed by atoms with van der Waals surface area (Å²) >= 11 is 0. The van der Waals surface area contributed by atoms with Gasteiger partial charge in [-0.15, -0.1) is 24.8 Å². The number of carbonyl (C=O) groups is 1. The van der Waals surface area contributed by atoms with Crippen molar-refractivity contribution >= 4 is 42.1 Å². The van der Waals surface area contributed by atoms with E-state index >= 15 is 0 Å². The van der Waals surface area contributed by atoms with Gasteiger partial charge in [-0.25, -0.2) is 0 Å². The first-order valence-electron chi connectivity index (χ1n) is 9.74. The molecule has 0 atom stereocenters. The van der Waals surface area contributed by atoms with E-state index in [9.17, 15) is 4.79 Å². The Labute approximate surface area is 186 Å². The average molecular weight is 439 g/mol. The third-order valence-electron chi connectivity index (χ3n) is 5.22. The second-order valence-electron chi connectivity index (χ2n) is 7.41. The number of hydrogen-bond acceptors (Lipinski definition) is 4. The molecule has 3 rings (SSSR count). The molecule has 0 radical (unpaired) electrons. The highest BCUT2D eigenvalue weighted by Gasteiger charge is 2.19. The van der Waals surface area contributed by atoms with Gasteiger partial charge >= 0.3 is 0 Å². The number of carbonyl (C=O) groups excluding carboxylic acids is 1. The molecule has 1 fully saturated rings. The topological polar surface area (TPSA) is 61.6 Å². The van der Waals surface area contributed by atoms with Gasteiger partial charge in [-0.3, -0.25) is 9.69 Å². The first-order valence-corrected chi connectivity index (χ1v) is 9.74. The molecule has 1 aliphatic heterocycles. The number of rotatable bonds is 6. The first-order chi connectivity index (χ1) is 13.0. The molecule has 5 nitrogen and oxygen atoms in total. The maximum Gasteiger partial charge on any atom is 0.251 e. The van der Waals surface area contributed by atoms with Crippen LogP contribution >= 0.6 is 24.8 Å². The predicted molar refractivity (Wildman–Crippen MR) is 127 cm³/mol. The van der Waals surface area contributed by atoms with Crippen LogP contribution in [0.3, 0.4) is 0 Å². The van der Waals surface area contributed by atoms with Crippen molar-refractivity contribution < 1.29 is 4.79 Å². The number of nitrogens with two attached hydrogens (primary N) is 1. The largest absolute Gasteiger partial charge is 0.399 e. The fourth-order valence-corrected chi connectivity index (χ4v) is 3.43. The van der Waals surface area contributed by atoms with Crippen molar-refractivity contribution in [1.29, 1.82) is 0 Å². The van der Waals surface area contributed by atoms with E-state index in [1.165, 1.54) is 11.3 Å². The van der Waals surface area contributed by atoms with Crippen molar-refractivity contribution in [1.82, 2.24) is 10.2 Å². The summed E-state index contributed by atoms with van der Waals surface area (Å²) in [6, 6.07) is 16.3. The molecule has 0 spiro atoms. The van der Waals surface area contributed by atoms with Gasteiger partial charge in [0.05, 0.1) is 0 Å². The summed E-state index contributed by atoms with van der Waals surface area (Å²) in [5.41, 5.74) is 9.51. The van der Waals surface area contributed by atoms with Crippen LogP contribution in [-0.2, 0) is 6.42 Å². The zero-order valence-corrected chi connectivity index (χ0v) is 18.8. The zero-order valence-electron chi connectivity index (χ0n) is 17.1. The van der Waals surface area contributed by atoms with E-state index < -0.39 is 0 Å². The maximum absolute atomic E-state index is 12.3. The Bertz CT molecular complexity index is 742. The monoisotopic (exact) mass is 438 g/mol. The van der Waals surface area contributed by atoms with Crippen LogP contribution in [0.1, 0.15) is 29.8 Å². The molecule has 160 valence electrons.